The van der Waals surface area contributed by atoms with Crippen molar-refractivity contribution in [3.8, 4) is 39.7 Å². The van der Waals surface area contributed by atoms with Gasteiger partial charge in [-0.3, -0.25) is 0 Å². The summed E-state index contributed by atoms with van der Waals surface area (Å²) in [6, 6.07) is 15.4. The molecule has 0 radical (unpaired) electrons. The third kappa shape index (κ3) is 2.98. The molecule has 0 spiro atoms. The molecule has 134 valence electrons. The van der Waals surface area contributed by atoms with Gasteiger partial charge in [-0.1, -0.05) is 35.9 Å². The zero-order chi connectivity index (χ0) is 19.1. The maximum absolute atomic E-state index is 11.8. The molecule has 4 aromatic rings. The average molecular weight is 381 g/mol. The Morgan fingerprint density at radius 2 is 1.59 bits per heavy atom. The molecule has 27 heavy (non-hydrogen) atoms. The molecule has 0 aliphatic rings. The minimum atomic E-state index is -0.714. The molecule has 5 nitrogen and oxygen atoms in total. The number of hydrogen-bond acceptors (Lipinski definition) is 5. The van der Waals surface area contributed by atoms with Gasteiger partial charge in [-0.15, -0.1) is 0 Å². The van der Waals surface area contributed by atoms with Crippen molar-refractivity contribution in [2.45, 2.75) is 0 Å². The molecule has 1 aromatic heterocycles. The van der Waals surface area contributed by atoms with E-state index < -0.39 is 5.63 Å². The van der Waals surface area contributed by atoms with Gasteiger partial charge in [0.2, 0.25) is 0 Å². The Kier molecular flexibility index (Phi) is 4.01. The summed E-state index contributed by atoms with van der Waals surface area (Å²) in [5, 5.41) is 31.8. The highest BCUT2D eigenvalue weighted by molar-refractivity contribution is 6.30. The fraction of sp³-hybridized carbons (Fsp3) is 0. The van der Waals surface area contributed by atoms with Crippen LogP contribution < -0.4 is 5.63 Å². The topological polar surface area (TPSA) is 90.9 Å². The van der Waals surface area contributed by atoms with Gasteiger partial charge >= 0.3 is 5.63 Å². The van der Waals surface area contributed by atoms with Crippen LogP contribution in [0.5, 0.6) is 17.2 Å². The SMILES string of the molecule is O=c1cc(O)cc(-c2c(-c3ccc(Cl)cc3)cc(O)c3c(O)cccc23)o1. The first-order valence-corrected chi connectivity index (χ1v) is 8.40. The Labute approximate surface area is 158 Å². The van der Waals surface area contributed by atoms with Crippen LogP contribution in [0.15, 0.2) is 69.9 Å². The molecular formula is C21H13ClO5. The second-order valence-corrected chi connectivity index (χ2v) is 6.46. The second-order valence-electron chi connectivity index (χ2n) is 6.02. The lowest BCUT2D eigenvalue weighted by atomic mass is 9.91. The number of aromatic hydroxyl groups is 3. The fourth-order valence-electron chi connectivity index (χ4n) is 3.15. The highest BCUT2D eigenvalue weighted by atomic mass is 35.5. The minimum Gasteiger partial charge on any atom is -0.508 e. The third-order valence-corrected chi connectivity index (χ3v) is 4.53. The molecule has 0 fully saturated rings. The lowest BCUT2D eigenvalue weighted by Gasteiger charge is -2.15. The Bertz CT molecular complexity index is 1230. The summed E-state index contributed by atoms with van der Waals surface area (Å²) in [7, 11) is 0. The number of rotatable bonds is 2. The molecule has 0 aliphatic carbocycles. The van der Waals surface area contributed by atoms with Crippen LogP contribution in [-0.2, 0) is 0 Å². The smallest absolute Gasteiger partial charge is 0.339 e. The highest BCUT2D eigenvalue weighted by Gasteiger charge is 2.19. The van der Waals surface area contributed by atoms with Crippen molar-refractivity contribution in [1.29, 1.82) is 0 Å². The van der Waals surface area contributed by atoms with Crippen molar-refractivity contribution in [3.63, 3.8) is 0 Å². The number of benzene rings is 3. The van der Waals surface area contributed by atoms with Crippen molar-refractivity contribution in [1.82, 2.24) is 0 Å². The third-order valence-electron chi connectivity index (χ3n) is 4.28. The van der Waals surface area contributed by atoms with E-state index in [-0.39, 0.29) is 28.4 Å². The lowest BCUT2D eigenvalue weighted by molar-refractivity contribution is 0.453. The van der Waals surface area contributed by atoms with Crippen molar-refractivity contribution < 1.29 is 19.7 Å². The molecule has 6 heteroatoms. The van der Waals surface area contributed by atoms with Gasteiger partial charge in [0.05, 0.1) is 11.5 Å². The summed E-state index contributed by atoms with van der Waals surface area (Å²) in [4.78, 5) is 11.8. The summed E-state index contributed by atoms with van der Waals surface area (Å²) in [5.41, 5.74) is 0.999. The summed E-state index contributed by atoms with van der Waals surface area (Å²) in [6.45, 7) is 0. The first kappa shape index (κ1) is 17.0. The van der Waals surface area contributed by atoms with E-state index in [0.717, 1.165) is 6.07 Å². The molecule has 1 heterocycles. The predicted molar refractivity (Wildman–Crippen MR) is 103 cm³/mol. The van der Waals surface area contributed by atoms with E-state index >= 15 is 0 Å². The van der Waals surface area contributed by atoms with Crippen LogP contribution in [0.1, 0.15) is 0 Å². The molecule has 3 N–H and O–H groups in total. The second kappa shape index (κ2) is 6.37. The molecular weight excluding hydrogens is 368 g/mol. The average Bonchev–Trinajstić information content (AvgIpc) is 2.61. The molecule has 0 saturated carbocycles. The quantitative estimate of drug-likeness (QED) is 0.460. The summed E-state index contributed by atoms with van der Waals surface area (Å²) < 4.78 is 5.31. The number of phenolic OH excluding ortho intramolecular Hbond substituents is 2. The van der Waals surface area contributed by atoms with E-state index in [0.29, 0.717) is 27.1 Å². The van der Waals surface area contributed by atoms with Crippen LogP contribution in [0, 0.1) is 0 Å². The molecule has 0 saturated heterocycles. The predicted octanol–water partition coefficient (Wildman–Crippen LogP) is 4.90. The van der Waals surface area contributed by atoms with Gasteiger partial charge in [0.1, 0.15) is 23.0 Å². The fourth-order valence-corrected chi connectivity index (χ4v) is 3.28. The van der Waals surface area contributed by atoms with Crippen molar-refractivity contribution in [3.05, 3.63) is 76.1 Å². The summed E-state index contributed by atoms with van der Waals surface area (Å²) >= 11 is 5.97. The monoisotopic (exact) mass is 380 g/mol. The number of fused-ring (bicyclic) bond motifs is 1. The van der Waals surface area contributed by atoms with Crippen LogP contribution in [-0.4, -0.2) is 15.3 Å². The van der Waals surface area contributed by atoms with Gasteiger partial charge in [-0.25, -0.2) is 4.79 Å². The van der Waals surface area contributed by atoms with E-state index in [1.54, 1.807) is 36.4 Å². The largest absolute Gasteiger partial charge is 0.508 e. The van der Waals surface area contributed by atoms with Gasteiger partial charge in [-0.2, -0.15) is 0 Å². The zero-order valence-electron chi connectivity index (χ0n) is 13.8. The van der Waals surface area contributed by atoms with Gasteiger partial charge < -0.3 is 19.7 Å². The first-order chi connectivity index (χ1) is 12.9. The molecule has 4 rings (SSSR count). The van der Waals surface area contributed by atoms with E-state index in [1.807, 2.05) is 0 Å². The number of halogens is 1. The molecule has 0 atom stereocenters. The first-order valence-electron chi connectivity index (χ1n) is 8.02. The summed E-state index contributed by atoms with van der Waals surface area (Å²) in [5.74, 6) is -0.374. The molecule has 0 aliphatic heterocycles. The van der Waals surface area contributed by atoms with Gasteiger partial charge in [0.15, 0.2) is 0 Å². The maximum Gasteiger partial charge on any atom is 0.339 e. The number of hydrogen-bond donors (Lipinski definition) is 3. The molecule has 0 amide bonds. The maximum atomic E-state index is 11.8. The van der Waals surface area contributed by atoms with E-state index in [1.165, 1.54) is 18.2 Å². The van der Waals surface area contributed by atoms with Crippen molar-refractivity contribution >= 4 is 22.4 Å². The zero-order valence-corrected chi connectivity index (χ0v) is 14.6. The van der Waals surface area contributed by atoms with Crippen LogP contribution >= 0.6 is 11.6 Å². The van der Waals surface area contributed by atoms with Gasteiger partial charge in [0.25, 0.3) is 0 Å². The molecule has 0 bridgehead atoms. The van der Waals surface area contributed by atoms with E-state index in [4.69, 9.17) is 16.0 Å². The van der Waals surface area contributed by atoms with Crippen LogP contribution in [0.4, 0.5) is 0 Å². The normalized spacial score (nSPS) is 11.0. The highest BCUT2D eigenvalue weighted by Crippen LogP contribution is 2.45. The van der Waals surface area contributed by atoms with Gasteiger partial charge in [0, 0.05) is 22.0 Å². The van der Waals surface area contributed by atoms with Crippen LogP contribution in [0.25, 0.3) is 33.2 Å². The molecule has 0 unspecified atom stereocenters. The van der Waals surface area contributed by atoms with Crippen molar-refractivity contribution in [2.75, 3.05) is 0 Å². The van der Waals surface area contributed by atoms with Gasteiger partial charge in [-0.05, 0) is 35.4 Å². The Hall–Kier alpha value is -3.44. The van der Waals surface area contributed by atoms with E-state index in [2.05, 4.69) is 0 Å². The Balaban J connectivity index is 2.17. The van der Waals surface area contributed by atoms with E-state index in [9.17, 15) is 20.1 Å². The Morgan fingerprint density at radius 1 is 0.852 bits per heavy atom. The lowest BCUT2D eigenvalue weighted by Crippen LogP contribution is -1.98. The summed E-state index contributed by atoms with van der Waals surface area (Å²) in [6.07, 6.45) is 0. The molecule has 3 aromatic carbocycles. The minimum absolute atomic E-state index is 0.112. The standard InChI is InChI=1S/C21H13ClO5/c22-12-6-4-11(5-7-12)15-10-17(25)21-14(2-1-3-16(21)24)20(15)18-8-13(23)9-19(26)27-18/h1-10,23-25H. The Morgan fingerprint density at radius 3 is 2.30 bits per heavy atom. The number of phenols is 2. The van der Waals surface area contributed by atoms with Crippen LogP contribution in [0.3, 0.4) is 0 Å². The van der Waals surface area contributed by atoms with Crippen molar-refractivity contribution in [2.24, 2.45) is 0 Å². The van der Waals surface area contributed by atoms with Crippen LogP contribution in [0.2, 0.25) is 5.02 Å².